The molecule has 0 aliphatic carbocycles. The molecule has 1 aromatic rings. The number of rotatable bonds is 6. The fraction of sp³-hybridized carbons (Fsp3) is 0.556. The number of hydrogen-bond acceptors (Lipinski definition) is 6. The van der Waals surface area contributed by atoms with Gasteiger partial charge in [0, 0.05) is 6.20 Å². The van der Waals surface area contributed by atoms with Crippen LogP contribution in [0.3, 0.4) is 0 Å². The van der Waals surface area contributed by atoms with Gasteiger partial charge in [0.1, 0.15) is 0 Å². The maximum Gasteiger partial charge on any atom is 0.336 e. The van der Waals surface area contributed by atoms with Gasteiger partial charge in [-0.05, 0) is 29.8 Å². The van der Waals surface area contributed by atoms with Crippen molar-refractivity contribution >= 4 is 29.5 Å². The SMILES string of the molecule is CCOP(=O)(Cc1nc(N)ncc1Br)OCC. The van der Waals surface area contributed by atoms with Gasteiger partial charge in [-0.25, -0.2) is 9.97 Å². The van der Waals surface area contributed by atoms with E-state index in [0.717, 1.165) is 0 Å². The highest BCUT2D eigenvalue weighted by Gasteiger charge is 2.26. The van der Waals surface area contributed by atoms with Crippen molar-refractivity contribution in [3.8, 4) is 0 Å². The Balaban J connectivity index is 2.93. The number of nitrogen functional groups attached to an aromatic ring is 1. The highest BCUT2D eigenvalue weighted by atomic mass is 79.9. The van der Waals surface area contributed by atoms with Crippen molar-refractivity contribution in [2.45, 2.75) is 20.0 Å². The molecule has 0 aliphatic rings. The summed E-state index contributed by atoms with van der Waals surface area (Å²) in [5, 5.41) is 0. The summed E-state index contributed by atoms with van der Waals surface area (Å²) in [5.74, 6) is 0.128. The van der Waals surface area contributed by atoms with E-state index in [1.165, 1.54) is 6.20 Å². The van der Waals surface area contributed by atoms with Crippen LogP contribution in [0.25, 0.3) is 0 Å². The highest BCUT2D eigenvalue weighted by molar-refractivity contribution is 9.10. The van der Waals surface area contributed by atoms with Gasteiger partial charge in [0.25, 0.3) is 0 Å². The highest BCUT2D eigenvalue weighted by Crippen LogP contribution is 2.51. The van der Waals surface area contributed by atoms with E-state index in [2.05, 4.69) is 25.9 Å². The van der Waals surface area contributed by atoms with Crippen LogP contribution in [0, 0.1) is 0 Å². The predicted octanol–water partition coefficient (Wildman–Crippen LogP) is 2.59. The molecule has 2 N–H and O–H groups in total. The minimum atomic E-state index is -3.16. The second kappa shape index (κ2) is 6.44. The molecule has 0 aliphatic heterocycles. The number of nitrogens with two attached hydrogens (primary N) is 1. The Labute approximate surface area is 109 Å². The van der Waals surface area contributed by atoms with Crippen LogP contribution in [-0.4, -0.2) is 23.2 Å². The third-order valence-electron chi connectivity index (χ3n) is 1.83. The van der Waals surface area contributed by atoms with Crippen molar-refractivity contribution in [3.63, 3.8) is 0 Å². The molecule has 0 spiro atoms. The lowest BCUT2D eigenvalue weighted by Crippen LogP contribution is -2.04. The van der Waals surface area contributed by atoms with Gasteiger partial charge in [-0.3, -0.25) is 4.57 Å². The fourth-order valence-electron chi connectivity index (χ4n) is 1.23. The van der Waals surface area contributed by atoms with E-state index in [4.69, 9.17) is 14.8 Å². The Morgan fingerprint density at radius 1 is 1.41 bits per heavy atom. The largest absolute Gasteiger partial charge is 0.368 e. The molecule has 0 amide bonds. The Bertz CT molecular complexity index is 420. The van der Waals surface area contributed by atoms with E-state index in [0.29, 0.717) is 23.4 Å². The molecule has 96 valence electrons. The Morgan fingerprint density at radius 3 is 2.53 bits per heavy atom. The molecule has 1 aromatic heterocycles. The van der Waals surface area contributed by atoms with Gasteiger partial charge >= 0.3 is 7.60 Å². The van der Waals surface area contributed by atoms with Gasteiger partial charge in [0.15, 0.2) is 0 Å². The van der Waals surface area contributed by atoms with Crippen molar-refractivity contribution in [2.24, 2.45) is 0 Å². The number of halogens is 1. The molecular formula is C9H15BrN3O3P. The minimum absolute atomic E-state index is 0.0714. The van der Waals surface area contributed by atoms with Crippen molar-refractivity contribution in [1.29, 1.82) is 0 Å². The van der Waals surface area contributed by atoms with Gasteiger partial charge in [0.05, 0.1) is 29.5 Å². The lowest BCUT2D eigenvalue weighted by atomic mass is 10.5. The second-order valence-corrected chi connectivity index (χ2v) is 6.04. The van der Waals surface area contributed by atoms with Crippen LogP contribution in [0.4, 0.5) is 5.95 Å². The van der Waals surface area contributed by atoms with Crippen LogP contribution < -0.4 is 5.73 Å². The minimum Gasteiger partial charge on any atom is -0.368 e. The van der Waals surface area contributed by atoms with Crippen LogP contribution in [0.15, 0.2) is 10.7 Å². The van der Waals surface area contributed by atoms with Crippen LogP contribution >= 0.6 is 23.5 Å². The number of hydrogen-bond donors (Lipinski definition) is 1. The molecule has 1 rings (SSSR count). The number of anilines is 1. The van der Waals surface area contributed by atoms with E-state index in [1.807, 2.05) is 0 Å². The zero-order valence-electron chi connectivity index (χ0n) is 9.72. The third kappa shape index (κ3) is 4.35. The van der Waals surface area contributed by atoms with Gasteiger partial charge < -0.3 is 14.8 Å². The van der Waals surface area contributed by atoms with Crippen molar-refractivity contribution < 1.29 is 13.6 Å². The fourth-order valence-corrected chi connectivity index (χ4v) is 3.43. The molecule has 8 heteroatoms. The summed E-state index contributed by atoms with van der Waals surface area (Å²) in [5.41, 5.74) is 6.00. The van der Waals surface area contributed by atoms with Crippen LogP contribution in [0.5, 0.6) is 0 Å². The van der Waals surface area contributed by atoms with E-state index in [9.17, 15) is 4.57 Å². The Morgan fingerprint density at radius 2 is 2.00 bits per heavy atom. The lowest BCUT2D eigenvalue weighted by Gasteiger charge is -2.17. The average Bonchev–Trinajstić information content (AvgIpc) is 2.24. The normalized spacial score (nSPS) is 11.7. The van der Waals surface area contributed by atoms with Crippen molar-refractivity contribution in [1.82, 2.24) is 9.97 Å². The molecule has 1 heterocycles. The molecule has 0 atom stereocenters. The quantitative estimate of drug-likeness (QED) is 0.809. The first-order valence-electron chi connectivity index (χ1n) is 5.15. The van der Waals surface area contributed by atoms with Crippen LogP contribution in [0.1, 0.15) is 19.5 Å². The van der Waals surface area contributed by atoms with Gasteiger partial charge in [-0.2, -0.15) is 0 Å². The molecule has 0 unspecified atom stereocenters. The van der Waals surface area contributed by atoms with E-state index >= 15 is 0 Å². The van der Waals surface area contributed by atoms with Gasteiger partial charge in [-0.1, -0.05) is 0 Å². The van der Waals surface area contributed by atoms with E-state index < -0.39 is 7.60 Å². The first-order valence-corrected chi connectivity index (χ1v) is 7.68. The van der Waals surface area contributed by atoms with Crippen LogP contribution in [-0.2, 0) is 19.8 Å². The van der Waals surface area contributed by atoms with Crippen molar-refractivity contribution in [3.05, 3.63) is 16.4 Å². The lowest BCUT2D eigenvalue weighted by molar-refractivity contribution is 0.219. The molecule has 17 heavy (non-hydrogen) atoms. The van der Waals surface area contributed by atoms with E-state index in [-0.39, 0.29) is 12.1 Å². The Kier molecular flexibility index (Phi) is 5.52. The summed E-state index contributed by atoms with van der Waals surface area (Å²) in [6.45, 7) is 4.15. The maximum atomic E-state index is 12.3. The molecule has 0 bridgehead atoms. The van der Waals surface area contributed by atoms with Crippen molar-refractivity contribution in [2.75, 3.05) is 18.9 Å². The molecule has 0 fully saturated rings. The van der Waals surface area contributed by atoms with Gasteiger partial charge in [-0.15, -0.1) is 0 Å². The molecule has 0 aromatic carbocycles. The van der Waals surface area contributed by atoms with Crippen LogP contribution in [0.2, 0.25) is 0 Å². The molecule has 0 saturated heterocycles. The summed E-state index contributed by atoms with van der Waals surface area (Å²) in [7, 11) is -3.16. The maximum absolute atomic E-state index is 12.3. The smallest absolute Gasteiger partial charge is 0.336 e. The number of aromatic nitrogens is 2. The summed E-state index contributed by atoms with van der Waals surface area (Å²) in [6.07, 6.45) is 1.59. The molecule has 0 saturated carbocycles. The summed E-state index contributed by atoms with van der Waals surface area (Å²) < 4.78 is 23.3. The zero-order chi connectivity index (χ0) is 12.9. The average molecular weight is 324 g/mol. The summed E-state index contributed by atoms with van der Waals surface area (Å²) >= 11 is 3.27. The molecule has 6 nitrogen and oxygen atoms in total. The summed E-state index contributed by atoms with van der Waals surface area (Å²) in [6, 6.07) is 0. The summed E-state index contributed by atoms with van der Waals surface area (Å²) in [4.78, 5) is 7.82. The van der Waals surface area contributed by atoms with Gasteiger partial charge in [0.2, 0.25) is 5.95 Å². The number of nitrogens with zero attached hydrogens (tertiary/aromatic N) is 2. The van der Waals surface area contributed by atoms with E-state index in [1.54, 1.807) is 13.8 Å². The first-order chi connectivity index (χ1) is 8.00. The predicted molar refractivity (Wildman–Crippen MR) is 68.7 cm³/mol. The first kappa shape index (κ1) is 14.6. The molecule has 0 radical (unpaired) electrons. The molecular weight excluding hydrogens is 309 g/mol. The monoisotopic (exact) mass is 323 g/mol. The zero-order valence-corrected chi connectivity index (χ0v) is 12.2. The third-order valence-corrected chi connectivity index (χ3v) is 4.48. The second-order valence-electron chi connectivity index (χ2n) is 3.13. The Hall–Kier alpha value is -0.490. The topological polar surface area (TPSA) is 87.3 Å². The standard InChI is InChI=1S/C9H15BrN3O3P/c1-3-15-17(14,16-4-2)6-8-7(10)5-12-9(11)13-8/h5H,3-4,6H2,1-2H3,(H2,11,12,13).